The third-order valence-electron chi connectivity index (χ3n) is 3.74. The Balaban J connectivity index is 3.76. The Bertz CT molecular complexity index is 236. The summed E-state index contributed by atoms with van der Waals surface area (Å²) in [6.45, 7) is 17.7. The SMILES string of the molecule is C=C(C)C(=O)NCCCC[N+](CC)(CC)CC. The van der Waals surface area contributed by atoms with Crippen molar-refractivity contribution >= 4 is 5.91 Å². The second kappa shape index (κ2) is 8.29. The van der Waals surface area contributed by atoms with Crippen molar-refractivity contribution < 1.29 is 9.28 Å². The van der Waals surface area contributed by atoms with Crippen LogP contribution >= 0.6 is 0 Å². The Kier molecular flexibility index (Phi) is 7.88. The van der Waals surface area contributed by atoms with Gasteiger partial charge in [0.2, 0.25) is 5.91 Å². The fraction of sp³-hybridized carbons (Fsp3) is 0.786. The molecule has 0 saturated heterocycles. The van der Waals surface area contributed by atoms with E-state index in [0.717, 1.165) is 13.0 Å². The number of hydrogen-bond donors (Lipinski definition) is 1. The minimum absolute atomic E-state index is 0.0211. The summed E-state index contributed by atoms with van der Waals surface area (Å²) in [5, 5.41) is 2.88. The molecule has 0 aromatic heterocycles. The highest BCUT2D eigenvalue weighted by Crippen LogP contribution is 2.08. The van der Waals surface area contributed by atoms with Gasteiger partial charge in [0.1, 0.15) is 0 Å². The molecule has 0 radical (unpaired) electrons. The second-order valence-corrected chi connectivity index (χ2v) is 4.76. The highest BCUT2D eigenvalue weighted by Gasteiger charge is 2.19. The van der Waals surface area contributed by atoms with Crippen LogP contribution in [-0.2, 0) is 4.79 Å². The lowest BCUT2D eigenvalue weighted by Crippen LogP contribution is -2.48. The molecule has 0 rings (SSSR count). The molecule has 0 spiro atoms. The van der Waals surface area contributed by atoms with Gasteiger partial charge in [-0.15, -0.1) is 0 Å². The number of hydrogen-bond acceptors (Lipinski definition) is 1. The minimum Gasteiger partial charge on any atom is -0.352 e. The summed E-state index contributed by atoms with van der Waals surface area (Å²) in [7, 11) is 0. The standard InChI is InChI=1S/C14H28N2O/c1-6-16(7-2,8-3)12-10-9-11-15-14(17)13(4)5/h4,6-12H2,1-3,5H3/p+1. The van der Waals surface area contributed by atoms with Gasteiger partial charge in [0.15, 0.2) is 0 Å². The summed E-state index contributed by atoms with van der Waals surface area (Å²) < 4.78 is 1.19. The first-order chi connectivity index (χ1) is 8.01. The lowest BCUT2D eigenvalue weighted by Gasteiger charge is -2.35. The predicted molar refractivity (Wildman–Crippen MR) is 73.8 cm³/mol. The Morgan fingerprint density at radius 1 is 1.12 bits per heavy atom. The van der Waals surface area contributed by atoms with E-state index in [-0.39, 0.29) is 5.91 Å². The van der Waals surface area contributed by atoms with Gasteiger partial charge in [-0.3, -0.25) is 4.79 Å². The van der Waals surface area contributed by atoms with Crippen LogP contribution in [0.2, 0.25) is 0 Å². The van der Waals surface area contributed by atoms with Crippen molar-refractivity contribution in [2.24, 2.45) is 0 Å². The van der Waals surface area contributed by atoms with Gasteiger partial charge >= 0.3 is 0 Å². The zero-order chi connectivity index (χ0) is 13.3. The third kappa shape index (κ3) is 5.87. The number of carbonyl (C=O) groups is 1. The Labute approximate surface area is 106 Å². The van der Waals surface area contributed by atoms with Crippen molar-refractivity contribution in [3.05, 3.63) is 12.2 Å². The van der Waals surface area contributed by atoms with Crippen molar-refractivity contribution in [1.82, 2.24) is 5.32 Å². The van der Waals surface area contributed by atoms with E-state index >= 15 is 0 Å². The lowest BCUT2D eigenvalue weighted by molar-refractivity contribution is -0.923. The summed E-state index contributed by atoms with van der Waals surface area (Å²) in [5.41, 5.74) is 0.589. The van der Waals surface area contributed by atoms with E-state index in [9.17, 15) is 4.79 Å². The van der Waals surface area contributed by atoms with Crippen LogP contribution in [0.1, 0.15) is 40.5 Å². The van der Waals surface area contributed by atoms with Crippen LogP contribution < -0.4 is 5.32 Å². The monoisotopic (exact) mass is 241 g/mol. The second-order valence-electron chi connectivity index (χ2n) is 4.76. The van der Waals surface area contributed by atoms with Crippen LogP contribution in [0.4, 0.5) is 0 Å². The molecule has 0 aliphatic carbocycles. The van der Waals surface area contributed by atoms with E-state index in [4.69, 9.17) is 0 Å². The molecular formula is C14H29N2O+. The van der Waals surface area contributed by atoms with Crippen molar-refractivity contribution in [1.29, 1.82) is 0 Å². The van der Waals surface area contributed by atoms with Gasteiger partial charge in [-0.1, -0.05) is 6.58 Å². The molecule has 100 valence electrons. The normalized spacial score (nSPS) is 11.3. The van der Waals surface area contributed by atoms with Gasteiger partial charge in [-0.2, -0.15) is 0 Å². The van der Waals surface area contributed by atoms with Gasteiger partial charge < -0.3 is 9.80 Å². The highest BCUT2D eigenvalue weighted by molar-refractivity contribution is 5.91. The van der Waals surface area contributed by atoms with Crippen molar-refractivity contribution in [3.8, 4) is 0 Å². The molecule has 0 unspecified atom stereocenters. The lowest BCUT2D eigenvalue weighted by atomic mass is 10.2. The van der Waals surface area contributed by atoms with E-state index in [0.29, 0.717) is 5.57 Å². The Hall–Kier alpha value is -0.830. The molecule has 0 bridgehead atoms. The Morgan fingerprint density at radius 2 is 1.65 bits per heavy atom. The predicted octanol–water partition coefficient (Wildman–Crippen LogP) is 2.34. The van der Waals surface area contributed by atoms with Crippen molar-refractivity contribution in [3.63, 3.8) is 0 Å². The number of nitrogens with zero attached hydrogens (tertiary/aromatic N) is 1. The van der Waals surface area contributed by atoms with Crippen LogP contribution in [0.25, 0.3) is 0 Å². The average Bonchev–Trinajstić information content (AvgIpc) is 2.34. The molecule has 0 fully saturated rings. The van der Waals surface area contributed by atoms with Crippen LogP contribution in [0, 0.1) is 0 Å². The maximum atomic E-state index is 11.3. The molecule has 3 nitrogen and oxygen atoms in total. The maximum absolute atomic E-state index is 11.3. The zero-order valence-corrected chi connectivity index (χ0v) is 12.0. The first kappa shape index (κ1) is 16.2. The topological polar surface area (TPSA) is 29.1 Å². The molecule has 0 heterocycles. The van der Waals surface area contributed by atoms with Crippen molar-refractivity contribution in [2.45, 2.75) is 40.5 Å². The van der Waals surface area contributed by atoms with Crippen LogP contribution in [0.3, 0.4) is 0 Å². The Morgan fingerprint density at radius 3 is 2.06 bits per heavy atom. The fourth-order valence-corrected chi connectivity index (χ4v) is 2.07. The zero-order valence-electron chi connectivity index (χ0n) is 12.0. The van der Waals surface area contributed by atoms with Gasteiger partial charge in [0, 0.05) is 12.1 Å². The number of rotatable bonds is 9. The summed E-state index contributed by atoms with van der Waals surface area (Å²) in [6.07, 6.45) is 2.23. The fourth-order valence-electron chi connectivity index (χ4n) is 2.07. The van der Waals surface area contributed by atoms with Gasteiger partial charge in [0.05, 0.1) is 26.2 Å². The summed E-state index contributed by atoms with van der Waals surface area (Å²) >= 11 is 0. The number of amides is 1. The molecular weight excluding hydrogens is 212 g/mol. The van der Waals surface area contributed by atoms with Gasteiger partial charge in [-0.05, 0) is 40.5 Å². The maximum Gasteiger partial charge on any atom is 0.246 e. The number of unbranched alkanes of at least 4 members (excludes halogenated alkanes) is 1. The molecule has 0 saturated carbocycles. The van der Waals surface area contributed by atoms with Crippen molar-refractivity contribution in [2.75, 3.05) is 32.7 Å². The smallest absolute Gasteiger partial charge is 0.246 e. The highest BCUT2D eigenvalue weighted by atomic mass is 16.1. The number of quaternary nitrogens is 1. The van der Waals surface area contributed by atoms with Crippen LogP contribution in [0.15, 0.2) is 12.2 Å². The van der Waals surface area contributed by atoms with E-state index in [1.165, 1.54) is 37.1 Å². The molecule has 0 aliphatic heterocycles. The summed E-state index contributed by atoms with van der Waals surface area (Å²) in [4.78, 5) is 11.3. The van der Waals surface area contributed by atoms with Crippen LogP contribution in [0.5, 0.6) is 0 Å². The molecule has 1 amide bonds. The van der Waals surface area contributed by atoms with E-state index in [1.807, 2.05) is 0 Å². The van der Waals surface area contributed by atoms with E-state index in [2.05, 4.69) is 32.7 Å². The molecule has 1 N–H and O–H groups in total. The quantitative estimate of drug-likeness (QED) is 0.375. The average molecular weight is 241 g/mol. The van der Waals surface area contributed by atoms with Crippen LogP contribution in [-0.4, -0.2) is 43.1 Å². The third-order valence-corrected chi connectivity index (χ3v) is 3.74. The molecule has 0 aromatic carbocycles. The summed E-state index contributed by atoms with van der Waals surface area (Å²) in [5.74, 6) is -0.0211. The summed E-state index contributed by atoms with van der Waals surface area (Å²) in [6, 6.07) is 0. The first-order valence-corrected chi connectivity index (χ1v) is 6.80. The molecule has 0 aromatic rings. The molecule has 17 heavy (non-hydrogen) atoms. The van der Waals surface area contributed by atoms with E-state index in [1.54, 1.807) is 6.92 Å². The number of nitrogens with one attached hydrogen (secondary N) is 1. The van der Waals surface area contributed by atoms with E-state index < -0.39 is 0 Å². The van der Waals surface area contributed by atoms with Gasteiger partial charge in [-0.25, -0.2) is 0 Å². The molecule has 0 aliphatic rings. The first-order valence-electron chi connectivity index (χ1n) is 6.80. The van der Waals surface area contributed by atoms with Gasteiger partial charge in [0.25, 0.3) is 0 Å². The molecule has 0 atom stereocenters. The molecule has 3 heteroatoms. The minimum atomic E-state index is -0.0211. The number of carbonyl (C=O) groups excluding carboxylic acids is 1. The largest absolute Gasteiger partial charge is 0.352 e.